The number of carbonyl (C=O) groups is 1. The molecule has 6 nitrogen and oxygen atoms in total. The molecular weight excluding hydrogens is 232 g/mol. The SMILES string of the molecule is Cc1ncoc1C(=O)Nc1cc(C(C)(C)C)[nH]n1. The maximum atomic E-state index is 11.9. The Morgan fingerprint density at radius 2 is 2.17 bits per heavy atom. The lowest BCUT2D eigenvalue weighted by molar-refractivity contribution is 0.0995. The van der Waals surface area contributed by atoms with Crippen molar-refractivity contribution >= 4 is 11.7 Å². The number of amides is 1. The molecule has 2 aromatic heterocycles. The summed E-state index contributed by atoms with van der Waals surface area (Å²) in [6.45, 7) is 7.90. The van der Waals surface area contributed by atoms with Gasteiger partial charge in [0.25, 0.3) is 5.91 Å². The molecule has 96 valence electrons. The number of H-pyrrole nitrogens is 1. The lowest BCUT2D eigenvalue weighted by Crippen LogP contribution is -2.13. The summed E-state index contributed by atoms with van der Waals surface area (Å²) in [5.41, 5.74) is 1.46. The first kappa shape index (κ1) is 12.3. The van der Waals surface area contributed by atoms with Crippen molar-refractivity contribution in [1.29, 1.82) is 0 Å². The van der Waals surface area contributed by atoms with Gasteiger partial charge in [0.1, 0.15) is 0 Å². The molecule has 0 atom stereocenters. The van der Waals surface area contributed by atoms with E-state index in [2.05, 4.69) is 41.3 Å². The first-order valence-corrected chi connectivity index (χ1v) is 5.65. The van der Waals surface area contributed by atoms with Gasteiger partial charge >= 0.3 is 0 Å². The predicted octanol–water partition coefficient (Wildman–Crippen LogP) is 2.26. The van der Waals surface area contributed by atoms with Crippen LogP contribution < -0.4 is 5.32 Å². The van der Waals surface area contributed by atoms with E-state index >= 15 is 0 Å². The van der Waals surface area contributed by atoms with Gasteiger partial charge in [-0.05, 0) is 6.92 Å². The average Bonchev–Trinajstić information content (AvgIpc) is 2.85. The maximum absolute atomic E-state index is 11.9. The van der Waals surface area contributed by atoms with Crippen LogP contribution in [0.4, 0.5) is 5.82 Å². The van der Waals surface area contributed by atoms with Gasteiger partial charge < -0.3 is 9.73 Å². The molecule has 2 aromatic rings. The Hall–Kier alpha value is -2.11. The van der Waals surface area contributed by atoms with Gasteiger partial charge in [0.15, 0.2) is 12.2 Å². The molecular formula is C12H16N4O2. The number of aryl methyl sites for hydroxylation is 1. The van der Waals surface area contributed by atoms with Crippen molar-refractivity contribution in [2.24, 2.45) is 0 Å². The minimum absolute atomic E-state index is 0.0435. The molecule has 0 aromatic carbocycles. The summed E-state index contributed by atoms with van der Waals surface area (Å²) in [5, 5.41) is 9.61. The molecule has 0 spiro atoms. The van der Waals surface area contributed by atoms with Crippen molar-refractivity contribution in [3.8, 4) is 0 Å². The predicted molar refractivity (Wildman–Crippen MR) is 66.5 cm³/mol. The summed E-state index contributed by atoms with van der Waals surface area (Å²) in [5.74, 6) is 0.327. The zero-order valence-electron chi connectivity index (χ0n) is 10.9. The number of nitrogens with one attached hydrogen (secondary N) is 2. The molecule has 0 bridgehead atoms. The summed E-state index contributed by atoms with van der Waals surface area (Å²) < 4.78 is 5.01. The molecule has 0 aliphatic rings. The third-order valence-corrected chi connectivity index (χ3v) is 2.58. The Kier molecular flexibility index (Phi) is 2.94. The van der Waals surface area contributed by atoms with Crippen molar-refractivity contribution in [2.45, 2.75) is 33.1 Å². The Bertz CT molecular complexity index is 563. The van der Waals surface area contributed by atoms with Crippen LogP contribution in [-0.4, -0.2) is 21.1 Å². The molecule has 2 rings (SSSR count). The second-order valence-electron chi connectivity index (χ2n) is 5.14. The molecule has 0 aliphatic carbocycles. The van der Waals surface area contributed by atoms with Crippen LogP contribution in [0.25, 0.3) is 0 Å². The van der Waals surface area contributed by atoms with Gasteiger partial charge in [-0.15, -0.1) is 0 Å². The van der Waals surface area contributed by atoms with E-state index in [9.17, 15) is 4.79 Å². The van der Waals surface area contributed by atoms with Crippen LogP contribution in [0.1, 0.15) is 42.7 Å². The van der Waals surface area contributed by atoms with E-state index in [1.807, 2.05) is 6.07 Å². The van der Waals surface area contributed by atoms with Crippen LogP contribution in [0.2, 0.25) is 0 Å². The molecule has 0 aliphatic heterocycles. The first-order valence-electron chi connectivity index (χ1n) is 5.65. The van der Waals surface area contributed by atoms with E-state index in [4.69, 9.17) is 4.42 Å². The molecule has 0 saturated heterocycles. The molecule has 0 radical (unpaired) electrons. The van der Waals surface area contributed by atoms with Crippen molar-refractivity contribution < 1.29 is 9.21 Å². The molecule has 1 amide bonds. The molecule has 0 unspecified atom stereocenters. The summed E-state index contributed by atoms with van der Waals surface area (Å²) in [4.78, 5) is 15.7. The number of aromatic amines is 1. The third kappa shape index (κ3) is 2.42. The Morgan fingerprint density at radius 1 is 1.44 bits per heavy atom. The second-order valence-corrected chi connectivity index (χ2v) is 5.14. The number of rotatable bonds is 2. The number of nitrogens with zero attached hydrogens (tertiary/aromatic N) is 2. The van der Waals surface area contributed by atoms with Gasteiger partial charge in [-0.1, -0.05) is 20.8 Å². The quantitative estimate of drug-likeness (QED) is 0.853. The standard InChI is InChI=1S/C12H16N4O2/c1-7-10(18-6-13-7)11(17)14-9-5-8(15-16-9)12(2,3)4/h5-6H,1-4H3,(H2,14,15,16,17). The molecule has 0 fully saturated rings. The van der Waals surface area contributed by atoms with Crippen LogP contribution in [0.3, 0.4) is 0 Å². The lowest BCUT2D eigenvalue weighted by Gasteiger charge is -2.14. The van der Waals surface area contributed by atoms with E-state index < -0.39 is 0 Å². The molecule has 0 saturated carbocycles. The van der Waals surface area contributed by atoms with Crippen LogP contribution in [0, 0.1) is 6.92 Å². The highest BCUT2D eigenvalue weighted by Gasteiger charge is 2.19. The highest BCUT2D eigenvalue weighted by atomic mass is 16.3. The van der Waals surface area contributed by atoms with E-state index in [-0.39, 0.29) is 17.1 Å². The van der Waals surface area contributed by atoms with E-state index in [1.54, 1.807) is 6.92 Å². The van der Waals surface area contributed by atoms with Gasteiger partial charge in [-0.3, -0.25) is 9.89 Å². The van der Waals surface area contributed by atoms with Crippen LogP contribution in [0.5, 0.6) is 0 Å². The zero-order valence-corrected chi connectivity index (χ0v) is 10.9. The fraction of sp³-hybridized carbons (Fsp3) is 0.417. The van der Waals surface area contributed by atoms with Crippen molar-refractivity contribution in [3.05, 3.63) is 29.6 Å². The van der Waals surface area contributed by atoms with Crippen LogP contribution in [-0.2, 0) is 5.41 Å². The third-order valence-electron chi connectivity index (χ3n) is 2.58. The number of hydrogen-bond acceptors (Lipinski definition) is 4. The molecule has 2 N–H and O–H groups in total. The number of hydrogen-bond donors (Lipinski definition) is 2. The zero-order chi connectivity index (χ0) is 13.3. The van der Waals surface area contributed by atoms with Crippen molar-refractivity contribution in [2.75, 3.05) is 5.32 Å². The van der Waals surface area contributed by atoms with Crippen molar-refractivity contribution in [3.63, 3.8) is 0 Å². The maximum Gasteiger partial charge on any atom is 0.294 e. The monoisotopic (exact) mass is 248 g/mol. The number of anilines is 1. The summed E-state index contributed by atoms with van der Waals surface area (Å²) >= 11 is 0. The van der Waals surface area contributed by atoms with E-state index in [0.29, 0.717) is 11.5 Å². The fourth-order valence-corrected chi connectivity index (χ4v) is 1.46. The highest BCUT2D eigenvalue weighted by molar-refractivity contribution is 6.02. The summed E-state index contributed by atoms with van der Waals surface area (Å²) in [6, 6.07) is 1.81. The molecule has 6 heteroatoms. The fourth-order valence-electron chi connectivity index (χ4n) is 1.46. The topological polar surface area (TPSA) is 83.8 Å². The Labute approximate surface area is 105 Å². The van der Waals surface area contributed by atoms with E-state index in [1.165, 1.54) is 6.39 Å². The van der Waals surface area contributed by atoms with Crippen LogP contribution >= 0.6 is 0 Å². The van der Waals surface area contributed by atoms with Crippen molar-refractivity contribution in [1.82, 2.24) is 15.2 Å². The van der Waals surface area contributed by atoms with Gasteiger partial charge in [0.05, 0.1) is 5.69 Å². The second kappa shape index (κ2) is 4.29. The molecule has 2 heterocycles. The largest absolute Gasteiger partial charge is 0.438 e. The van der Waals surface area contributed by atoms with Gasteiger partial charge in [-0.2, -0.15) is 5.10 Å². The normalized spacial score (nSPS) is 11.6. The Morgan fingerprint density at radius 3 is 2.67 bits per heavy atom. The van der Waals surface area contributed by atoms with Gasteiger partial charge in [-0.25, -0.2) is 4.98 Å². The number of carbonyl (C=O) groups excluding carboxylic acids is 1. The number of oxazole rings is 1. The Balaban J connectivity index is 2.13. The summed E-state index contributed by atoms with van der Waals surface area (Å²) in [7, 11) is 0. The minimum Gasteiger partial charge on any atom is -0.438 e. The summed E-state index contributed by atoms with van der Waals surface area (Å²) in [6.07, 6.45) is 1.25. The lowest BCUT2D eigenvalue weighted by atomic mass is 9.92. The first-order chi connectivity index (χ1) is 8.38. The van der Waals surface area contributed by atoms with E-state index in [0.717, 1.165) is 5.69 Å². The average molecular weight is 248 g/mol. The van der Waals surface area contributed by atoms with Gasteiger partial charge in [0.2, 0.25) is 5.76 Å². The van der Waals surface area contributed by atoms with Crippen LogP contribution in [0.15, 0.2) is 16.9 Å². The minimum atomic E-state index is -0.350. The smallest absolute Gasteiger partial charge is 0.294 e. The molecule has 18 heavy (non-hydrogen) atoms. The number of aromatic nitrogens is 3. The van der Waals surface area contributed by atoms with Gasteiger partial charge in [0, 0.05) is 17.2 Å². The highest BCUT2D eigenvalue weighted by Crippen LogP contribution is 2.22.